The van der Waals surface area contributed by atoms with Crippen molar-refractivity contribution in [3.8, 4) is 0 Å². The van der Waals surface area contributed by atoms with Gasteiger partial charge in [-0.1, -0.05) is 30.3 Å². The molecule has 3 aromatic rings. The van der Waals surface area contributed by atoms with E-state index >= 15 is 0 Å². The Kier molecular flexibility index (Phi) is 5.91. The molecule has 1 aromatic heterocycles. The second kappa shape index (κ2) is 8.92. The fourth-order valence-corrected chi connectivity index (χ4v) is 4.39. The van der Waals surface area contributed by atoms with Crippen LogP contribution in [0.5, 0.6) is 0 Å². The molecule has 29 heavy (non-hydrogen) atoms. The molecule has 148 valence electrons. The Morgan fingerprint density at radius 2 is 1.79 bits per heavy atom. The minimum Gasteiger partial charge on any atom is -0.365 e. The Morgan fingerprint density at radius 3 is 2.66 bits per heavy atom. The van der Waals surface area contributed by atoms with E-state index in [1.165, 1.54) is 10.4 Å². The number of hydrogen-bond donors (Lipinski definition) is 2. The maximum atomic E-state index is 12.4. The third-order valence-corrected chi connectivity index (χ3v) is 6.02. The van der Waals surface area contributed by atoms with Crippen molar-refractivity contribution in [1.82, 2.24) is 5.32 Å². The quantitative estimate of drug-likeness (QED) is 0.650. The molecule has 0 saturated carbocycles. The molecule has 1 aliphatic heterocycles. The SMILES string of the molecule is O=C(CCNC(=O)c1ccccc1)Nc1ccccc1N1CCc2sccc2C1. The monoisotopic (exact) mass is 405 g/mol. The predicted molar refractivity (Wildman–Crippen MR) is 118 cm³/mol. The van der Waals surface area contributed by atoms with Crippen LogP contribution in [0.15, 0.2) is 66.0 Å². The second-order valence-electron chi connectivity index (χ2n) is 6.98. The number of fused-ring (bicyclic) bond motifs is 1. The summed E-state index contributed by atoms with van der Waals surface area (Å²) >= 11 is 1.82. The van der Waals surface area contributed by atoms with Crippen LogP contribution in [0.25, 0.3) is 0 Å². The van der Waals surface area contributed by atoms with Crippen LogP contribution < -0.4 is 15.5 Å². The molecule has 0 spiro atoms. The third kappa shape index (κ3) is 4.66. The molecule has 0 unspecified atom stereocenters. The van der Waals surface area contributed by atoms with Gasteiger partial charge in [0, 0.05) is 36.5 Å². The number of para-hydroxylation sites is 2. The van der Waals surface area contributed by atoms with Crippen LogP contribution in [0.3, 0.4) is 0 Å². The number of amides is 2. The van der Waals surface area contributed by atoms with Crippen LogP contribution in [0.2, 0.25) is 0 Å². The summed E-state index contributed by atoms with van der Waals surface area (Å²) in [4.78, 5) is 28.3. The van der Waals surface area contributed by atoms with E-state index in [0.29, 0.717) is 12.1 Å². The normalized spacial score (nSPS) is 12.9. The first kappa shape index (κ1) is 19.2. The lowest BCUT2D eigenvalue weighted by atomic mass is 10.1. The molecule has 0 fully saturated rings. The van der Waals surface area contributed by atoms with Crippen LogP contribution in [-0.2, 0) is 17.8 Å². The summed E-state index contributed by atoms with van der Waals surface area (Å²) in [5, 5.41) is 7.95. The molecular formula is C23H23N3O2S. The molecule has 2 amide bonds. The van der Waals surface area contributed by atoms with E-state index in [0.717, 1.165) is 30.9 Å². The lowest BCUT2D eigenvalue weighted by Crippen LogP contribution is -2.31. The van der Waals surface area contributed by atoms with E-state index in [2.05, 4.69) is 27.0 Å². The van der Waals surface area contributed by atoms with Gasteiger partial charge in [0.2, 0.25) is 5.91 Å². The van der Waals surface area contributed by atoms with E-state index in [1.807, 2.05) is 53.8 Å². The predicted octanol–water partition coefficient (Wildman–Crippen LogP) is 4.07. The standard InChI is InChI=1S/C23H23N3O2S/c27-22(10-13-24-23(28)17-6-2-1-3-7-17)25-19-8-4-5-9-20(19)26-14-11-21-18(16-26)12-15-29-21/h1-9,12,15H,10-11,13-14,16H2,(H,24,28)(H,25,27). The zero-order valence-corrected chi connectivity index (χ0v) is 16.9. The zero-order chi connectivity index (χ0) is 20.1. The van der Waals surface area contributed by atoms with E-state index in [1.54, 1.807) is 12.1 Å². The average Bonchev–Trinajstić information content (AvgIpc) is 3.22. The van der Waals surface area contributed by atoms with Crippen molar-refractivity contribution in [2.75, 3.05) is 23.3 Å². The molecule has 0 aliphatic carbocycles. The Morgan fingerprint density at radius 1 is 1.00 bits per heavy atom. The molecule has 0 saturated heterocycles. The number of nitrogens with one attached hydrogen (secondary N) is 2. The topological polar surface area (TPSA) is 61.4 Å². The smallest absolute Gasteiger partial charge is 0.251 e. The van der Waals surface area contributed by atoms with Crippen molar-refractivity contribution in [3.05, 3.63) is 82.0 Å². The van der Waals surface area contributed by atoms with E-state index in [4.69, 9.17) is 0 Å². The third-order valence-electron chi connectivity index (χ3n) is 5.00. The second-order valence-corrected chi connectivity index (χ2v) is 7.98. The van der Waals surface area contributed by atoms with Gasteiger partial charge in [-0.3, -0.25) is 9.59 Å². The minimum atomic E-state index is -0.168. The summed E-state index contributed by atoms with van der Waals surface area (Å²) in [5.74, 6) is -0.280. The molecule has 0 radical (unpaired) electrons. The lowest BCUT2D eigenvalue weighted by molar-refractivity contribution is -0.116. The van der Waals surface area contributed by atoms with Crippen molar-refractivity contribution in [2.45, 2.75) is 19.4 Å². The highest BCUT2D eigenvalue weighted by atomic mass is 32.1. The highest BCUT2D eigenvalue weighted by Gasteiger charge is 2.20. The first-order valence-electron chi connectivity index (χ1n) is 9.73. The van der Waals surface area contributed by atoms with Gasteiger partial charge in [-0.05, 0) is 47.7 Å². The zero-order valence-electron chi connectivity index (χ0n) is 16.1. The van der Waals surface area contributed by atoms with Crippen molar-refractivity contribution >= 4 is 34.5 Å². The number of rotatable bonds is 6. The molecule has 0 bridgehead atoms. The van der Waals surface area contributed by atoms with E-state index in [-0.39, 0.29) is 18.2 Å². The number of hydrogen-bond acceptors (Lipinski definition) is 4. The van der Waals surface area contributed by atoms with Gasteiger partial charge in [-0.15, -0.1) is 11.3 Å². The van der Waals surface area contributed by atoms with Crippen LogP contribution in [0, 0.1) is 0 Å². The fraction of sp³-hybridized carbons (Fsp3) is 0.217. The average molecular weight is 406 g/mol. The van der Waals surface area contributed by atoms with Gasteiger partial charge < -0.3 is 15.5 Å². The maximum Gasteiger partial charge on any atom is 0.251 e. The summed E-state index contributed by atoms with van der Waals surface area (Å²) in [5.41, 5.74) is 3.80. The molecule has 2 aromatic carbocycles. The van der Waals surface area contributed by atoms with Gasteiger partial charge in [0.05, 0.1) is 11.4 Å². The van der Waals surface area contributed by atoms with Crippen LogP contribution in [-0.4, -0.2) is 24.9 Å². The van der Waals surface area contributed by atoms with E-state index < -0.39 is 0 Å². The molecule has 6 heteroatoms. The minimum absolute atomic E-state index is 0.112. The Labute approximate surface area is 174 Å². The highest BCUT2D eigenvalue weighted by Crippen LogP contribution is 2.32. The van der Waals surface area contributed by atoms with Crippen LogP contribution in [0.4, 0.5) is 11.4 Å². The van der Waals surface area contributed by atoms with Gasteiger partial charge in [0.25, 0.3) is 5.91 Å². The van der Waals surface area contributed by atoms with Crippen molar-refractivity contribution in [3.63, 3.8) is 0 Å². The van der Waals surface area contributed by atoms with Crippen molar-refractivity contribution < 1.29 is 9.59 Å². The van der Waals surface area contributed by atoms with E-state index in [9.17, 15) is 9.59 Å². The molecular weight excluding hydrogens is 382 g/mol. The Hall–Kier alpha value is -3.12. The molecule has 2 N–H and O–H groups in total. The number of nitrogens with zero attached hydrogens (tertiary/aromatic N) is 1. The van der Waals surface area contributed by atoms with Gasteiger partial charge in [-0.25, -0.2) is 0 Å². The Bertz CT molecular complexity index is 1000. The first-order valence-corrected chi connectivity index (χ1v) is 10.6. The van der Waals surface area contributed by atoms with Crippen molar-refractivity contribution in [1.29, 1.82) is 0 Å². The molecule has 5 nitrogen and oxygen atoms in total. The van der Waals surface area contributed by atoms with Gasteiger partial charge in [0.15, 0.2) is 0 Å². The summed E-state index contributed by atoms with van der Waals surface area (Å²) < 4.78 is 0. The highest BCUT2D eigenvalue weighted by molar-refractivity contribution is 7.10. The summed E-state index contributed by atoms with van der Waals surface area (Å²) in [6, 6.07) is 19.1. The molecule has 1 aliphatic rings. The van der Waals surface area contributed by atoms with Crippen molar-refractivity contribution in [2.24, 2.45) is 0 Å². The maximum absolute atomic E-state index is 12.4. The summed E-state index contributed by atoms with van der Waals surface area (Å²) in [6.45, 7) is 2.09. The number of benzene rings is 2. The molecule has 2 heterocycles. The first-order chi connectivity index (χ1) is 14.2. The number of carbonyl (C=O) groups is 2. The molecule has 4 rings (SSSR count). The Balaban J connectivity index is 1.34. The lowest BCUT2D eigenvalue weighted by Gasteiger charge is -2.30. The van der Waals surface area contributed by atoms with Crippen LogP contribution >= 0.6 is 11.3 Å². The summed E-state index contributed by atoms with van der Waals surface area (Å²) in [6.07, 6.45) is 1.25. The fourth-order valence-electron chi connectivity index (χ4n) is 3.50. The summed E-state index contributed by atoms with van der Waals surface area (Å²) in [7, 11) is 0. The van der Waals surface area contributed by atoms with Gasteiger partial charge in [0.1, 0.15) is 0 Å². The number of anilines is 2. The number of carbonyl (C=O) groups excluding carboxylic acids is 2. The van der Waals surface area contributed by atoms with Gasteiger partial charge in [-0.2, -0.15) is 0 Å². The largest absolute Gasteiger partial charge is 0.365 e. The number of thiophene rings is 1. The van der Waals surface area contributed by atoms with Gasteiger partial charge >= 0.3 is 0 Å². The van der Waals surface area contributed by atoms with Crippen LogP contribution in [0.1, 0.15) is 27.2 Å². The molecule has 0 atom stereocenters.